The molecule has 0 saturated heterocycles. The summed E-state index contributed by atoms with van der Waals surface area (Å²) in [7, 11) is 0. The van der Waals surface area contributed by atoms with Crippen molar-refractivity contribution in [3.63, 3.8) is 0 Å². The van der Waals surface area contributed by atoms with Crippen LogP contribution < -0.4 is 10.2 Å². The highest BCUT2D eigenvalue weighted by Crippen LogP contribution is 2.39. The summed E-state index contributed by atoms with van der Waals surface area (Å²) in [5, 5.41) is 12.3. The summed E-state index contributed by atoms with van der Waals surface area (Å²) in [6, 6.07) is 17.3. The molecule has 4 nitrogen and oxygen atoms in total. The zero-order chi connectivity index (χ0) is 21.0. The van der Waals surface area contributed by atoms with E-state index in [1.54, 1.807) is 18.2 Å². The number of nitriles is 1. The lowest BCUT2D eigenvalue weighted by Crippen LogP contribution is -2.45. The van der Waals surface area contributed by atoms with Gasteiger partial charge in [0, 0.05) is 23.5 Å². The van der Waals surface area contributed by atoms with Crippen LogP contribution in [0.1, 0.15) is 45.2 Å². The van der Waals surface area contributed by atoms with Gasteiger partial charge in [0.25, 0.3) is 5.91 Å². The average Bonchev–Trinajstić information content (AvgIpc) is 2.69. The zero-order valence-corrected chi connectivity index (χ0v) is 17.5. The van der Waals surface area contributed by atoms with Crippen LogP contribution in [0, 0.1) is 11.3 Å². The maximum Gasteiger partial charge on any atom is 0.266 e. The number of amides is 1. The van der Waals surface area contributed by atoms with Crippen molar-refractivity contribution < 1.29 is 4.79 Å². The molecule has 0 aliphatic carbocycles. The number of anilines is 2. The molecule has 1 aliphatic heterocycles. The van der Waals surface area contributed by atoms with Crippen LogP contribution in [0.25, 0.3) is 11.6 Å². The van der Waals surface area contributed by atoms with Gasteiger partial charge < -0.3 is 10.2 Å². The smallest absolute Gasteiger partial charge is 0.266 e. The SMILES string of the molecule is CCCN1c2ccc(/C=C(\C#N)C(=O)Nc3ccccc3)cc2C(C)=CC1(C)C. The molecule has 0 bridgehead atoms. The first kappa shape index (κ1) is 20.4. The van der Waals surface area contributed by atoms with Crippen LogP contribution in [-0.2, 0) is 4.79 Å². The lowest BCUT2D eigenvalue weighted by atomic mass is 9.87. The highest BCUT2D eigenvalue weighted by Gasteiger charge is 2.30. The van der Waals surface area contributed by atoms with Crippen LogP contribution in [0.2, 0.25) is 0 Å². The Morgan fingerprint density at radius 1 is 1.21 bits per heavy atom. The number of carbonyl (C=O) groups excluding carboxylic acids is 1. The molecular formula is C25H27N3O. The maximum absolute atomic E-state index is 12.5. The van der Waals surface area contributed by atoms with E-state index in [-0.39, 0.29) is 11.1 Å². The predicted octanol–water partition coefficient (Wildman–Crippen LogP) is 5.64. The van der Waals surface area contributed by atoms with Gasteiger partial charge in [-0.3, -0.25) is 4.79 Å². The molecule has 148 valence electrons. The van der Waals surface area contributed by atoms with E-state index >= 15 is 0 Å². The molecule has 2 aromatic carbocycles. The summed E-state index contributed by atoms with van der Waals surface area (Å²) < 4.78 is 0. The fourth-order valence-corrected chi connectivity index (χ4v) is 3.86. The molecule has 1 heterocycles. The quantitative estimate of drug-likeness (QED) is 0.535. The molecule has 0 saturated carbocycles. The first-order valence-electron chi connectivity index (χ1n) is 9.95. The maximum atomic E-state index is 12.5. The molecule has 0 aromatic heterocycles. The van der Waals surface area contributed by atoms with Gasteiger partial charge in [0.15, 0.2) is 0 Å². The number of hydrogen-bond donors (Lipinski definition) is 1. The molecule has 29 heavy (non-hydrogen) atoms. The van der Waals surface area contributed by atoms with Crippen LogP contribution in [-0.4, -0.2) is 18.0 Å². The van der Waals surface area contributed by atoms with Crippen molar-refractivity contribution in [1.82, 2.24) is 0 Å². The largest absolute Gasteiger partial charge is 0.362 e. The van der Waals surface area contributed by atoms with E-state index in [2.05, 4.69) is 56.1 Å². The Morgan fingerprint density at radius 2 is 1.93 bits per heavy atom. The molecular weight excluding hydrogens is 358 g/mol. The number of rotatable bonds is 5. The molecule has 0 radical (unpaired) electrons. The van der Waals surface area contributed by atoms with E-state index in [1.807, 2.05) is 30.3 Å². The second-order valence-corrected chi connectivity index (χ2v) is 7.90. The molecule has 0 unspecified atom stereocenters. The first-order chi connectivity index (χ1) is 13.9. The summed E-state index contributed by atoms with van der Waals surface area (Å²) in [5.41, 5.74) is 5.09. The summed E-state index contributed by atoms with van der Waals surface area (Å²) in [6.45, 7) is 9.73. The number of para-hydroxylation sites is 1. The molecule has 0 spiro atoms. The van der Waals surface area contributed by atoms with Gasteiger partial charge >= 0.3 is 0 Å². The monoisotopic (exact) mass is 385 g/mol. The van der Waals surface area contributed by atoms with Gasteiger partial charge in [-0.1, -0.05) is 37.3 Å². The normalized spacial score (nSPS) is 15.2. The molecule has 4 heteroatoms. The van der Waals surface area contributed by atoms with Crippen LogP contribution >= 0.6 is 0 Å². The Labute approximate surface area is 173 Å². The average molecular weight is 386 g/mol. The Bertz CT molecular complexity index is 1010. The van der Waals surface area contributed by atoms with Crippen molar-refractivity contribution >= 4 is 28.9 Å². The van der Waals surface area contributed by atoms with E-state index in [9.17, 15) is 10.1 Å². The second kappa shape index (κ2) is 8.36. The van der Waals surface area contributed by atoms with Gasteiger partial charge in [0.05, 0.1) is 5.54 Å². The number of fused-ring (bicyclic) bond motifs is 1. The van der Waals surface area contributed by atoms with E-state index < -0.39 is 5.91 Å². The minimum atomic E-state index is -0.405. The molecule has 0 fully saturated rings. The second-order valence-electron chi connectivity index (χ2n) is 7.90. The van der Waals surface area contributed by atoms with Crippen molar-refractivity contribution in [2.45, 2.75) is 39.7 Å². The third kappa shape index (κ3) is 4.41. The third-order valence-electron chi connectivity index (χ3n) is 5.16. The van der Waals surface area contributed by atoms with Gasteiger partial charge in [0.2, 0.25) is 0 Å². The number of hydrogen-bond acceptors (Lipinski definition) is 3. The molecule has 2 aromatic rings. The standard InChI is InChI=1S/C25H27N3O/c1-5-13-28-23-12-11-19(15-22(23)18(2)16-25(28,3)4)14-20(17-26)24(29)27-21-9-7-6-8-10-21/h6-12,14-16H,5,13H2,1-4H3,(H,27,29)/b20-14+. The number of nitrogens with one attached hydrogen (secondary N) is 1. The lowest BCUT2D eigenvalue weighted by Gasteiger charge is -2.43. The van der Waals surface area contributed by atoms with E-state index in [0.29, 0.717) is 5.69 Å². The van der Waals surface area contributed by atoms with Gasteiger partial charge in [0.1, 0.15) is 11.6 Å². The van der Waals surface area contributed by atoms with Gasteiger partial charge in [-0.25, -0.2) is 0 Å². The number of benzene rings is 2. The van der Waals surface area contributed by atoms with Crippen molar-refractivity contribution in [2.24, 2.45) is 0 Å². The molecule has 1 aliphatic rings. The predicted molar refractivity (Wildman–Crippen MR) is 120 cm³/mol. The molecule has 1 amide bonds. The highest BCUT2D eigenvalue weighted by molar-refractivity contribution is 6.09. The van der Waals surface area contributed by atoms with E-state index in [1.165, 1.54) is 11.3 Å². The Kier molecular flexibility index (Phi) is 5.89. The highest BCUT2D eigenvalue weighted by atomic mass is 16.1. The van der Waals surface area contributed by atoms with Crippen LogP contribution in [0.3, 0.4) is 0 Å². The van der Waals surface area contributed by atoms with Crippen LogP contribution in [0.15, 0.2) is 60.2 Å². The molecule has 0 atom stereocenters. The lowest BCUT2D eigenvalue weighted by molar-refractivity contribution is -0.112. The van der Waals surface area contributed by atoms with E-state index in [4.69, 9.17) is 0 Å². The fourth-order valence-electron chi connectivity index (χ4n) is 3.86. The van der Waals surface area contributed by atoms with Crippen molar-refractivity contribution in [3.05, 3.63) is 71.3 Å². The topological polar surface area (TPSA) is 56.1 Å². The van der Waals surface area contributed by atoms with Crippen molar-refractivity contribution in [1.29, 1.82) is 5.26 Å². The van der Waals surface area contributed by atoms with Gasteiger partial charge in [-0.05, 0) is 68.7 Å². The summed E-state index contributed by atoms with van der Waals surface area (Å²) in [5.74, 6) is -0.405. The molecule has 1 N–H and O–H groups in total. The fraction of sp³-hybridized carbons (Fsp3) is 0.280. The Balaban J connectivity index is 1.93. The number of carbonyl (C=O) groups is 1. The minimum Gasteiger partial charge on any atom is -0.362 e. The van der Waals surface area contributed by atoms with Crippen LogP contribution in [0.5, 0.6) is 0 Å². The minimum absolute atomic E-state index is 0.0438. The van der Waals surface area contributed by atoms with Gasteiger partial charge in [-0.15, -0.1) is 0 Å². The Morgan fingerprint density at radius 3 is 2.59 bits per heavy atom. The first-order valence-corrected chi connectivity index (χ1v) is 9.95. The number of allylic oxidation sites excluding steroid dienone is 1. The van der Waals surface area contributed by atoms with Gasteiger partial charge in [-0.2, -0.15) is 5.26 Å². The van der Waals surface area contributed by atoms with Crippen molar-refractivity contribution in [2.75, 3.05) is 16.8 Å². The molecule has 3 rings (SSSR count). The summed E-state index contributed by atoms with van der Waals surface area (Å²) in [6.07, 6.45) is 5.00. The number of nitrogens with zero attached hydrogens (tertiary/aromatic N) is 2. The van der Waals surface area contributed by atoms with E-state index in [0.717, 1.165) is 24.1 Å². The third-order valence-corrected chi connectivity index (χ3v) is 5.16. The summed E-state index contributed by atoms with van der Waals surface area (Å²) in [4.78, 5) is 14.9. The Hall–Kier alpha value is -3.32. The zero-order valence-electron chi connectivity index (χ0n) is 17.5. The summed E-state index contributed by atoms with van der Waals surface area (Å²) >= 11 is 0. The van der Waals surface area contributed by atoms with Crippen LogP contribution in [0.4, 0.5) is 11.4 Å². The van der Waals surface area contributed by atoms with Crippen molar-refractivity contribution in [3.8, 4) is 6.07 Å².